The van der Waals surface area contributed by atoms with Gasteiger partial charge in [0.25, 0.3) is 10.0 Å². The molecule has 0 bridgehead atoms. The van der Waals surface area contributed by atoms with Crippen LogP contribution >= 0.6 is 0 Å². The number of fused-ring (bicyclic) bond motifs is 1. The van der Waals surface area contributed by atoms with Crippen molar-refractivity contribution in [2.45, 2.75) is 24.5 Å². The maximum absolute atomic E-state index is 12.8. The number of hydrogen-bond donors (Lipinski definition) is 1. The summed E-state index contributed by atoms with van der Waals surface area (Å²) in [5, 5.41) is 4.23. The zero-order valence-corrected chi connectivity index (χ0v) is 16.8. The van der Waals surface area contributed by atoms with Crippen LogP contribution in [0.5, 0.6) is 17.2 Å². The molecule has 29 heavy (non-hydrogen) atoms. The topological polar surface area (TPSA) is 91.7 Å². The number of rotatable bonds is 6. The first kappa shape index (κ1) is 19.1. The minimum Gasteiger partial charge on any atom is -0.495 e. The van der Waals surface area contributed by atoms with Gasteiger partial charge in [0.15, 0.2) is 17.6 Å². The van der Waals surface area contributed by atoms with Crippen molar-refractivity contribution >= 4 is 15.7 Å². The highest BCUT2D eigenvalue weighted by atomic mass is 32.2. The molecule has 0 saturated carbocycles. The van der Waals surface area contributed by atoms with E-state index in [4.69, 9.17) is 14.2 Å². The van der Waals surface area contributed by atoms with E-state index in [-0.39, 0.29) is 16.7 Å². The van der Waals surface area contributed by atoms with Crippen LogP contribution < -0.4 is 18.9 Å². The van der Waals surface area contributed by atoms with Gasteiger partial charge in [-0.1, -0.05) is 18.2 Å². The average Bonchev–Trinajstić information content (AvgIpc) is 3.14. The lowest BCUT2D eigenvalue weighted by Crippen LogP contribution is -2.33. The van der Waals surface area contributed by atoms with Gasteiger partial charge in [0, 0.05) is 6.20 Å². The summed E-state index contributed by atoms with van der Waals surface area (Å²) in [6.45, 7) is 2.63. The molecule has 2 aromatic carbocycles. The number of benzene rings is 2. The van der Waals surface area contributed by atoms with Gasteiger partial charge in [0.2, 0.25) is 0 Å². The molecule has 9 heteroatoms. The lowest BCUT2D eigenvalue weighted by molar-refractivity contribution is 0.0759. The second-order valence-corrected chi connectivity index (χ2v) is 8.36. The van der Waals surface area contributed by atoms with E-state index in [0.717, 1.165) is 5.56 Å². The highest BCUT2D eigenvalue weighted by Gasteiger charge is 2.23. The molecular weight excluding hydrogens is 394 g/mol. The molecule has 0 amide bonds. The molecule has 0 saturated heterocycles. The van der Waals surface area contributed by atoms with Crippen molar-refractivity contribution in [1.82, 2.24) is 9.78 Å². The third-order valence-corrected chi connectivity index (χ3v) is 5.85. The summed E-state index contributed by atoms with van der Waals surface area (Å²) < 4.78 is 46.6. The van der Waals surface area contributed by atoms with Gasteiger partial charge in [-0.2, -0.15) is 5.10 Å². The van der Waals surface area contributed by atoms with Crippen LogP contribution in [-0.4, -0.2) is 38.0 Å². The van der Waals surface area contributed by atoms with Gasteiger partial charge in [0.05, 0.1) is 25.5 Å². The Kier molecular flexibility index (Phi) is 5.06. The number of para-hydroxylation sites is 2. The van der Waals surface area contributed by atoms with Crippen molar-refractivity contribution in [1.29, 1.82) is 0 Å². The molecule has 0 radical (unpaired) electrons. The van der Waals surface area contributed by atoms with Crippen molar-refractivity contribution in [2.24, 2.45) is 0 Å². The molecule has 1 aliphatic rings. The summed E-state index contributed by atoms with van der Waals surface area (Å²) in [5.41, 5.74) is 1.17. The van der Waals surface area contributed by atoms with Crippen LogP contribution in [-0.2, 0) is 16.6 Å². The van der Waals surface area contributed by atoms with Crippen molar-refractivity contribution in [2.75, 3.05) is 18.4 Å². The van der Waals surface area contributed by atoms with Gasteiger partial charge < -0.3 is 14.2 Å². The second-order valence-electron chi connectivity index (χ2n) is 6.71. The maximum atomic E-state index is 12.8. The number of sulfonamides is 1. The van der Waals surface area contributed by atoms with Crippen LogP contribution in [0.1, 0.15) is 5.56 Å². The van der Waals surface area contributed by atoms with E-state index in [2.05, 4.69) is 9.82 Å². The van der Waals surface area contributed by atoms with Crippen molar-refractivity contribution in [3.8, 4) is 17.2 Å². The molecule has 4 rings (SSSR count). The van der Waals surface area contributed by atoms with E-state index in [0.29, 0.717) is 30.3 Å². The highest BCUT2D eigenvalue weighted by Crippen LogP contribution is 2.31. The summed E-state index contributed by atoms with van der Waals surface area (Å²) in [6.07, 6.45) is 2.84. The number of aryl methyl sites for hydroxylation is 1. The Bertz CT molecular complexity index is 1130. The van der Waals surface area contributed by atoms with Crippen LogP contribution in [0.25, 0.3) is 0 Å². The lowest BCUT2D eigenvalue weighted by Gasteiger charge is -2.26. The summed E-state index contributed by atoms with van der Waals surface area (Å²) in [6, 6.07) is 12.5. The van der Waals surface area contributed by atoms with Crippen LogP contribution in [0, 0.1) is 6.92 Å². The Morgan fingerprint density at radius 2 is 2.03 bits per heavy atom. The Labute approximate surface area is 169 Å². The Morgan fingerprint density at radius 3 is 2.83 bits per heavy atom. The molecule has 0 spiro atoms. The van der Waals surface area contributed by atoms with Crippen molar-refractivity contribution in [3.63, 3.8) is 0 Å². The maximum Gasteiger partial charge on any atom is 0.265 e. The molecule has 1 unspecified atom stereocenters. The molecule has 1 aromatic heterocycles. The van der Waals surface area contributed by atoms with E-state index >= 15 is 0 Å². The normalized spacial score (nSPS) is 15.7. The first-order chi connectivity index (χ1) is 13.9. The number of aromatic nitrogens is 2. The van der Waals surface area contributed by atoms with Crippen molar-refractivity contribution in [3.05, 3.63) is 60.4 Å². The number of hydrogen-bond acceptors (Lipinski definition) is 6. The number of ether oxygens (including phenoxy) is 3. The predicted octanol–water partition coefficient (Wildman–Crippen LogP) is 2.84. The highest BCUT2D eigenvalue weighted by molar-refractivity contribution is 7.92. The summed E-state index contributed by atoms with van der Waals surface area (Å²) in [5.74, 6) is 1.68. The molecule has 3 aromatic rings. The van der Waals surface area contributed by atoms with E-state index in [9.17, 15) is 8.42 Å². The zero-order valence-electron chi connectivity index (χ0n) is 16.0. The third kappa shape index (κ3) is 4.14. The van der Waals surface area contributed by atoms with Crippen LogP contribution in [0.15, 0.2) is 59.8 Å². The van der Waals surface area contributed by atoms with Gasteiger partial charge in [-0.15, -0.1) is 0 Å². The first-order valence-corrected chi connectivity index (χ1v) is 10.5. The smallest absolute Gasteiger partial charge is 0.265 e. The minimum atomic E-state index is -3.82. The number of nitrogens with one attached hydrogen (secondary N) is 1. The monoisotopic (exact) mass is 415 g/mol. The molecule has 8 nitrogen and oxygen atoms in total. The lowest BCUT2D eigenvalue weighted by atomic mass is 10.2. The molecular formula is C20H21N3O5S. The summed E-state index contributed by atoms with van der Waals surface area (Å²) in [7, 11) is -2.39. The van der Waals surface area contributed by atoms with Gasteiger partial charge in [-0.25, -0.2) is 8.42 Å². The van der Waals surface area contributed by atoms with Gasteiger partial charge in [-0.05, 0) is 36.8 Å². The van der Waals surface area contributed by atoms with Gasteiger partial charge in [-0.3, -0.25) is 9.40 Å². The largest absolute Gasteiger partial charge is 0.495 e. The van der Waals surface area contributed by atoms with Crippen LogP contribution in [0.3, 0.4) is 0 Å². The Morgan fingerprint density at radius 1 is 1.24 bits per heavy atom. The number of nitrogens with zero attached hydrogens (tertiary/aromatic N) is 2. The summed E-state index contributed by atoms with van der Waals surface area (Å²) >= 11 is 0. The predicted molar refractivity (Wildman–Crippen MR) is 107 cm³/mol. The van der Waals surface area contributed by atoms with Crippen LogP contribution in [0.2, 0.25) is 0 Å². The first-order valence-electron chi connectivity index (χ1n) is 9.03. The Balaban J connectivity index is 1.47. The minimum absolute atomic E-state index is 0.0772. The van der Waals surface area contributed by atoms with E-state index < -0.39 is 10.0 Å². The molecule has 1 N–H and O–H groups in total. The molecule has 0 aliphatic carbocycles. The quantitative estimate of drug-likeness (QED) is 0.666. The number of methoxy groups -OCH3 is 1. The fourth-order valence-corrected chi connectivity index (χ4v) is 4.36. The molecule has 0 fully saturated rings. The zero-order chi connectivity index (χ0) is 20.4. The Hall–Kier alpha value is -3.20. The molecule has 1 aliphatic heterocycles. The molecule has 2 heterocycles. The SMILES string of the molecule is COc1ccc(C)cc1S(=O)(=O)Nc1cnn(CC2COc3ccccc3O2)c1. The number of anilines is 1. The molecule has 1 atom stereocenters. The second kappa shape index (κ2) is 7.67. The van der Waals surface area contributed by atoms with Gasteiger partial charge in [0.1, 0.15) is 17.3 Å². The third-order valence-electron chi connectivity index (χ3n) is 4.45. The van der Waals surface area contributed by atoms with E-state index in [1.54, 1.807) is 29.1 Å². The fraction of sp³-hybridized carbons (Fsp3) is 0.250. The van der Waals surface area contributed by atoms with Crippen LogP contribution in [0.4, 0.5) is 5.69 Å². The standard InChI is InChI=1S/C20H21N3O5S/c1-14-7-8-19(26-2)20(9-14)29(24,25)22-15-10-21-23(11-15)12-16-13-27-17-5-3-4-6-18(17)28-16/h3-11,16,22H,12-13H2,1-2H3. The average molecular weight is 415 g/mol. The van der Waals surface area contributed by atoms with Crippen molar-refractivity contribution < 1.29 is 22.6 Å². The van der Waals surface area contributed by atoms with E-state index in [1.807, 2.05) is 31.2 Å². The summed E-state index contributed by atoms with van der Waals surface area (Å²) in [4.78, 5) is 0.0772. The van der Waals surface area contributed by atoms with Gasteiger partial charge >= 0.3 is 0 Å². The fourth-order valence-electron chi connectivity index (χ4n) is 3.08. The van der Waals surface area contributed by atoms with E-state index in [1.165, 1.54) is 13.3 Å². The molecule has 152 valence electrons.